The minimum absolute atomic E-state index is 0.0754. The van der Waals surface area contributed by atoms with E-state index < -0.39 is 4.92 Å². The number of aromatic nitrogens is 1. The van der Waals surface area contributed by atoms with Crippen LogP contribution in [0.1, 0.15) is 28.7 Å². The Bertz CT molecular complexity index is 1320. The highest BCUT2D eigenvalue weighted by Gasteiger charge is 2.21. The minimum Gasteiger partial charge on any atom is -0.465 e. The molecule has 0 fully saturated rings. The van der Waals surface area contributed by atoms with Gasteiger partial charge in [-0.15, -0.1) is 0 Å². The van der Waals surface area contributed by atoms with Gasteiger partial charge in [0, 0.05) is 17.7 Å². The monoisotopic (exact) mass is 426 g/mol. The number of para-hydroxylation sites is 2. The Hall–Kier alpha value is -4.52. The van der Waals surface area contributed by atoms with Crippen molar-refractivity contribution in [3.8, 4) is 5.75 Å². The first-order valence-electron chi connectivity index (χ1n) is 9.80. The van der Waals surface area contributed by atoms with Gasteiger partial charge in [-0.25, -0.2) is 4.98 Å². The Morgan fingerprint density at radius 1 is 1.06 bits per heavy atom. The smallest absolute Gasteiger partial charge is 0.270 e. The Kier molecular flexibility index (Phi) is 5.89. The van der Waals surface area contributed by atoms with Crippen molar-refractivity contribution in [3.05, 3.63) is 112 Å². The standard InChI is InChI=1S/C25H18N2O5/c1-2-14-31-20-12-10-18(11-13-20)24(28)21(16-17-6-5-7-19(15-17)27(29)30)25-26-22-8-3-4-9-23(22)32-25/h2-16H,1H3. The van der Waals surface area contributed by atoms with Gasteiger partial charge in [0.15, 0.2) is 11.4 Å². The fourth-order valence-electron chi connectivity index (χ4n) is 3.09. The van der Waals surface area contributed by atoms with Crippen LogP contribution in [0, 0.1) is 10.1 Å². The fraction of sp³-hybridized carbons (Fsp3) is 0.0400. The molecule has 0 aliphatic heterocycles. The molecule has 0 saturated carbocycles. The number of oxazole rings is 1. The van der Waals surface area contributed by atoms with E-state index in [-0.39, 0.29) is 22.9 Å². The van der Waals surface area contributed by atoms with E-state index in [4.69, 9.17) is 9.15 Å². The first-order valence-corrected chi connectivity index (χ1v) is 9.80. The van der Waals surface area contributed by atoms with E-state index in [9.17, 15) is 14.9 Å². The zero-order valence-electron chi connectivity index (χ0n) is 17.1. The van der Waals surface area contributed by atoms with Crippen LogP contribution in [0.3, 0.4) is 0 Å². The van der Waals surface area contributed by atoms with E-state index in [1.54, 1.807) is 66.9 Å². The molecule has 0 N–H and O–H groups in total. The van der Waals surface area contributed by atoms with E-state index in [2.05, 4.69) is 4.98 Å². The second-order valence-electron chi connectivity index (χ2n) is 6.84. The number of carbonyl (C=O) groups is 1. The lowest BCUT2D eigenvalue weighted by atomic mass is 10.0. The first kappa shape index (κ1) is 20.7. The molecule has 3 aromatic carbocycles. The maximum absolute atomic E-state index is 13.4. The predicted molar refractivity (Wildman–Crippen MR) is 121 cm³/mol. The van der Waals surface area contributed by atoms with Crippen LogP contribution in [0.2, 0.25) is 0 Å². The second kappa shape index (κ2) is 9.09. The van der Waals surface area contributed by atoms with Gasteiger partial charge in [0.05, 0.1) is 16.8 Å². The molecule has 7 heteroatoms. The molecule has 158 valence electrons. The topological polar surface area (TPSA) is 95.5 Å². The van der Waals surface area contributed by atoms with Gasteiger partial charge >= 0.3 is 0 Å². The van der Waals surface area contributed by atoms with Gasteiger partial charge in [-0.1, -0.05) is 30.3 Å². The summed E-state index contributed by atoms with van der Waals surface area (Å²) in [7, 11) is 0. The first-order chi connectivity index (χ1) is 15.5. The van der Waals surface area contributed by atoms with Crippen molar-refractivity contribution in [1.82, 2.24) is 4.98 Å². The molecule has 4 aromatic rings. The maximum atomic E-state index is 13.4. The van der Waals surface area contributed by atoms with Gasteiger partial charge in [0.1, 0.15) is 11.3 Å². The van der Waals surface area contributed by atoms with Gasteiger partial charge in [-0.05, 0) is 55.0 Å². The lowest BCUT2D eigenvalue weighted by Crippen LogP contribution is -2.03. The Balaban J connectivity index is 1.79. The molecule has 0 atom stereocenters. The molecule has 0 aliphatic carbocycles. The molecule has 1 heterocycles. The van der Waals surface area contributed by atoms with E-state index in [0.717, 1.165) is 0 Å². The Labute approximate surface area is 183 Å². The number of non-ortho nitro benzene ring substituents is 1. The van der Waals surface area contributed by atoms with Crippen LogP contribution in [-0.4, -0.2) is 15.7 Å². The Morgan fingerprint density at radius 3 is 2.56 bits per heavy atom. The number of ketones is 1. The molecule has 0 amide bonds. The van der Waals surface area contributed by atoms with Crippen molar-refractivity contribution < 1.29 is 18.9 Å². The summed E-state index contributed by atoms with van der Waals surface area (Å²) in [6.45, 7) is 1.84. The second-order valence-corrected chi connectivity index (χ2v) is 6.84. The molecule has 0 radical (unpaired) electrons. The molecule has 32 heavy (non-hydrogen) atoms. The summed E-state index contributed by atoms with van der Waals surface area (Å²) in [5.74, 6) is 0.392. The lowest BCUT2D eigenvalue weighted by Gasteiger charge is -2.06. The minimum atomic E-state index is -0.484. The van der Waals surface area contributed by atoms with Crippen LogP contribution in [0.5, 0.6) is 5.75 Å². The van der Waals surface area contributed by atoms with Crippen molar-refractivity contribution in [2.45, 2.75) is 6.92 Å². The maximum Gasteiger partial charge on any atom is 0.270 e. The summed E-state index contributed by atoms with van der Waals surface area (Å²) in [4.78, 5) is 28.5. The van der Waals surface area contributed by atoms with Crippen LogP contribution in [0.15, 0.2) is 89.6 Å². The highest BCUT2D eigenvalue weighted by Crippen LogP contribution is 2.27. The number of benzene rings is 3. The highest BCUT2D eigenvalue weighted by molar-refractivity contribution is 6.31. The summed E-state index contributed by atoms with van der Waals surface area (Å²) < 4.78 is 11.2. The number of fused-ring (bicyclic) bond motifs is 1. The van der Waals surface area contributed by atoms with Crippen molar-refractivity contribution in [2.24, 2.45) is 0 Å². The number of nitro benzene ring substituents is 1. The normalized spacial score (nSPS) is 11.7. The largest absolute Gasteiger partial charge is 0.465 e. The third-order valence-corrected chi connectivity index (χ3v) is 4.62. The SMILES string of the molecule is CC=COc1ccc(C(=O)C(=Cc2cccc([N+](=O)[O-])c2)c2nc3ccccc3o2)cc1. The molecule has 0 aliphatic rings. The fourth-order valence-corrected chi connectivity index (χ4v) is 3.09. The number of carbonyl (C=O) groups excluding carboxylic acids is 1. The van der Waals surface area contributed by atoms with E-state index in [1.165, 1.54) is 12.1 Å². The van der Waals surface area contributed by atoms with Crippen molar-refractivity contribution >= 4 is 34.2 Å². The molecule has 0 spiro atoms. The molecular formula is C25H18N2O5. The number of nitro groups is 1. The van der Waals surface area contributed by atoms with Crippen LogP contribution < -0.4 is 4.74 Å². The number of hydrogen-bond acceptors (Lipinski definition) is 6. The van der Waals surface area contributed by atoms with Gasteiger partial charge in [-0.3, -0.25) is 14.9 Å². The predicted octanol–water partition coefficient (Wildman–Crippen LogP) is 6.07. The van der Waals surface area contributed by atoms with Crippen LogP contribution in [-0.2, 0) is 0 Å². The molecule has 7 nitrogen and oxygen atoms in total. The van der Waals surface area contributed by atoms with Crippen molar-refractivity contribution in [3.63, 3.8) is 0 Å². The molecule has 0 unspecified atom stereocenters. The number of Topliss-reactive ketones (excluding diaryl/α,β-unsaturated/α-hetero) is 1. The van der Waals surface area contributed by atoms with Crippen molar-refractivity contribution in [1.29, 1.82) is 0 Å². The Morgan fingerprint density at radius 2 is 1.84 bits per heavy atom. The summed E-state index contributed by atoms with van der Waals surface area (Å²) in [6, 6.07) is 19.9. The molecule has 1 aromatic heterocycles. The number of rotatable bonds is 7. The van der Waals surface area contributed by atoms with E-state index >= 15 is 0 Å². The summed E-state index contributed by atoms with van der Waals surface area (Å²) >= 11 is 0. The summed E-state index contributed by atoms with van der Waals surface area (Å²) in [5.41, 5.74) is 2.14. The number of ether oxygens (including phenoxy) is 1. The molecule has 0 saturated heterocycles. The number of nitrogens with zero attached hydrogens (tertiary/aromatic N) is 2. The molecule has 0 bridgehead atoms. The van der Waals surface area contributed by atoms with E-state index in [0.29, 0.717) is 28.0 Å². The summed E-state index contributed by atoms with van der Waals surface area (Å²) in [6.07, 6.45) is 4.85. The number of hydrogen-bond donors (Lipinski definition) is 0. The van der Waals surface area contributed by atoms with Crippen LogP contribution in [0.25, 0.3) is 22.7 Å². The van der Waals surface area contributed by atoms with Gasteiger partial charge in [0.2, 0.25) is 5.89 Å². The average molecular weight is 426 g/mol. The third kappa shape index (κ3) is 4.46. The lowest BCUT2D eigenvalue weighted by molar-refractivity contribution is -0.384. The van der Waals surface area contributed by atoms with Gasteiger partial charge in [-0.2, -0.15) is 0 Å². The highest BCUT2D eigenvalue weighted by atomic mass is 16.6. The van der Waals surface area contributed by atoms with Crippen molar-refractivity contribution in [2.75, 3.05) is 0 Å². The zero-order chi connectivity index (χ0) is 22.5. The summed E-state index contributed by atoms with van der Waals surface area (Å²) in [5, 5.41) is 11.2. The third-order valence-electron chi connectivity index (χ3n) is 4.62. The van der Waals surface area contributed by atoms with E-state index in [1.807, 2.05) is 19.1 Å². The quantitative estimate of drug-likeness (QED) is 0.117. The van der Waals surface area contributed by atoms with Crippen LogP contribution in [0.4, 0.5) is 5.69 Å². The average Bonchev–Trinajstić information content (AvgIpc) is 3.25. The van der Waals surface area contributed by atoms with Gasteiger partial charge < -0.3 is 9.15 Å². The molecular weight excluding hydrogens is 408 g/mol. The molecule has 4 rings (SSSR count). The number of allylic oxidation sites excluding steroid dienone is 2. The zero-order valence-corrected chi connectivity index (χ0v) is 17.1. The van der Waals surface area contributed by atoms with Gasteiger partial charge in [0.25, 0.3) is 5.69 Å². The van der Waals surface area contributed by atoms with Crippen LogP contribution >= 0.6 is 0 Å².